The van der Waals surface area contributed by atoms with Gasteiger partial charge in [0, 0.05) is 17.2 Å². The van der Waals surface area contributed by atoms with E-state index >= 15 is 0 Å². The van der Waals surface area contributed by atoms with Crippen molar-refractivity contribution < 1.29 is 9.72 Å². The number of nitro benzene ring substituents is 1. The molecule has 0 unspecified atom stereocenters. The number of thiazole rings is 1. The standard InChI is InChI=1S/C17H15N3O3S/c1-9-6-11(3)15-14(7-9)24-17(18-15)19-16(21)12-5-4-10(2)13(8-12)20(22)23/h4-8H,1-3H3,(H,18,19,21). The zero-order valence-electron chi connectivity index (χ0n) is 13.4. The summed E-state index contributed by atoms with van der Waals surface area (Å²) < 4.78 is 0.998. The number of anilines is 1. The Morgan fingerprint density at radius 1 is 1.17 bits per heavy atom. The summed E-state index contributed by atoms with van der Waals surface area (Å²) in [5.74, 6) is -0.411. The van der Waals surface area contributed by atoms with Gasteiger partial charge in [0.1, 0.15) is 0 Å². The monoisotopic (exact) mass is 341 g/mol. The van der Waals surface area contributed by atoms with Crippen LogP contribution in [0.1, 0.15) is 27.0 Å². The van der Waals surface area contributed by atoms with Crippen molar-refractivity contribution in [2.24, 2.45) is 0 Å². The SMILES string of the molecule is Cc1cc(C)c2nc(NC(=O)c3ccc(C)c([N+](=O)[O-])c3)sc2c1. The summed E-state index contributed by atoms with van der Waals surface area (Å²) in [5.41, 5.74) is 3.72. The first-order valence-electron chi connectivity index (χ1n) is 7.29. The lowest BCUT2D eigenvalue weighted by molar-refractivity contribution is -0.385. The maximum atomic E-state index is 12.4. The lowest BCUT2D eigenvalue weighted by atomic mass is 10.1. The Hall–Kier alpha value is -2.80. The van der Waals surface area contributed by atoms with Crippen LogP contribution in [0.4, 0.5) is 10.8 Å². The number of rotatable bonds is 3. The molecule has 0 aliphatic carbocycles. The van der Waals surface area contributed by atoms with Gasteiger partial charge < -0.3 is 0 Å². The van der Waals surface area contributed by atoms with Crippen molar-refractivity contribution in [1.82, 2.24) is 4.98 Å². The number of aryl methyl sites for hydroxylation is 3. The molecule has 1 amide bonds. The van der Waals surface area contributed by atoms with Crippen LogP contribution in [0, 0.1) is 30.9 Å². The Labute approximate surface area is 142 Å². The number of nitrogens with one attached hydrogen (secondary N) is 1. The zero-order valence-corrected chi connectivity index (χ0v) is 14.2. The van der Waals surface area contributed by atoms with Crippen LogP contribution in [0.15, 0.2) is 30.3 Å². The maximum Gasteiger partial charge on any atom is 0.273 e. The molecule has 0 saturated heterocycles. The van der Waals surface area contributed by atoms with Gasteiger partial charge in [0.05, 0.1) is 15.1 Å². The van der Waals surface area contributed by atoms with Crippen LogP contribution in [0.25, 0.3) is 10.2 Å². The first-order valence-corrected chi connectivity index (χ1v) is 8.11. The first-order chi connectivity index (χ1) is 11.3. The van der Waals surface area contributed by atoms with Crippen molar-refractivity contribution in [3.63, 3.8) is 0 Å². The fourth-order valence-corrected chi connectivity index (χ4v) is 3.58. The minimum atomic E-state index is -0.490. The summed E-state index contributed by atoms with van der Waals surface area (Å²) in [6.45, 7) is 5.62. The van der Waals surface area contributed by atoms with E-state index in [2.05, 4.69) is 10.3 Å². The van der Waals surface area contributed by atoms with Gasteiger partial charge in [-0.15, -0.1) is 0 Å². The van der Waals surface area contributed by atoms with E-state index < -0.39 is 10.8 Å². The highest BCUT2D eigenvalue weighted by Crippen LogP contribution is 2.30. The minimum Gasteiger partial charge on any atom is -0.298 e. The second-order valence-electron chi connectivity index (χ2n) is 5.66. The second-order valence-corrected chi connectivity index (χ2v) is 6.69. The van der Waals surface area contributed by atoms with Crippen LogP contribution in [0.2, 0.25) is 0 Å². The quantitative estimate of drug-likeness (QED) is 0.566. The average molecular weight is 341 g/mol. The number of hydrogen-bond acceptors (Lipinski definition) is 5. The van der Waals surface area contributed by atoms with E-state index in [4.69, 9.17) is 0 Å². The predicted molar refractivity (Wildman–Crippen MR) is 94.9 cm³/mol. The van der Waals surface area contributed by atoms with Crippen molar-refractivity contribution >= 4 is 38.3 Å². The van der Waals surface area contributed by atoms with Gasteiger partial charge in [0.15, 0.2) is 5.13 Å². The molecule has 0 aliphatic heterocycles. The van der Waals surface area contributed by atoms with Crippen LogP contribution in [0.5, 0.6) is 0 Å². The van der Waals surface area contributed by atoms with Crippen LogP contribution in [0.3, 0.4) is 0 Å². The molecule has 3 aromatic rings. The Kier molecular flexibility index (Phi) is 4.02. The topological polar surface area (TPSA) is 85.1 Å². The molecule has 0 bridgehead atoms. The average Bonchev–Trinajstić information content (AvgIpc) is 2.89. The molecule has 3 rings (SSSR count). The molecule has 0 fully saturated rings. The molecule has 0 radical (unpaired) electrons. The smallest absolute Gasteiger partial charge is 0.273 e. The van der Waals surface area contributed by atoms with E-state index in [9.17, 15) is 14.9 Å². The molecule has 0 spiro atoms. The van der Waals surface area contributed by atoms with E-state index in [-0.39, 0.29) is 11.3 Å². The molecular formula is C17H15N3O3S. The number of amides is 1. The third-order valence-corrected chi connectivity index (χ3v) is 4.64. The van der Waals surface area contributed by atoms with Crippen molar-refractivity contribution in [3.05, 3.63) is 62.7 Å². The van der Waals surface area contributed by atoms with E-state index in [1.54, 1.807) is 19.1 Å². The Bertz CT molecular complexity index is 979. The van der Waals surface area contributed by atoms with Crippen LogP contribution < -0.4 is 5.32 Å². The van der Waals surface area contributed by atoms with E-state index in [0.717, 1.165) is 21.3 Å². The van der Waals surface area contributed by atoms with Crippen molar-refractivity contribution in [2.75, 3.05) is 5.32 Å². The highest BCUT2D eigenvalue weighted by Gasteiger charge is 2.16. The molecule has 1 heterocycles. The summed E-state index contributed by atoms with van der Waals surface area (Å²) in [7, 11) is 0. The Morgan fingerprint density at radius 3 is 2.62 bits per heavy atom. The van der Waals surface area contributed by atoms with Crippen LogP contribution in [-0.2, 0) is 0 Å². The van der Waals surface area contributed by atoms with E-state index in [1.165, 1.54) is 17.4 Å². The summed E-state index contributed by atoms with van der Waals surface area (Å²) in [6.07, 6.45) is 0. The minimum absolute atomic E-state index is 0.0709. The number of nitrogens with zero attached hydrogens (tertiary/aromatic N) is 2. The van der Waals surface area contributed by atoms with E-state index in [0.29, 0.717) is 10.7 Å². The third-order valence-electron chi connectivity index (χ3n) is 3.72. The third kappa shape index (κ3) is 2.98. The lowest BCUT2D eigenvalue weighted by Gasteiger charge is -2.03. The summed E-state index contributed by atoms with van der Waals surface area (Å²) >= 11 is 1.39. The number of benzene rings is 2. The van der Waals surface area contributed by atoms with Gasteiger partial charge in [-0.1, -0.05) is 23.5 Å². The van der Waals surface area contributed by atoms with Gasteiger partial charge >= 0.3 is 0 Å². The van der Waals surface area contributed by atoms with Gasteiger partial charge in [-0.2, -0.15) is 0 Å². The van der Waals surface area contributed by atoms with Crippen LogP contribution >= 0.6 is 11.3 Å². The van der Waals surface area contributed by atoms with Crippen molar-refractivity contribution in [2.45, 2.75) is 20.8 Å². The normalized spacial score (nSPS) is 10.8. The molecule has 2 aromatic carbocycles. The molecule has 7 heteroatoms. The number of carbonyl (C=O) groups is 1. The highest BCUT2D eigenvalue weighted by atomic mass is 32.1. The number of nitro groups is 1. The molecule has 24 heavy (non-hydrogen) atoms. The molecule has 0 saturated carbocycles. The molecule has 0 aliphatic rings. The summed E-state index contributed by atoms with van der Waals surface area (Å²) in [6, 6.07) is 8.48. The summed E-state index contributed by atoms with van der Waals surface area (Å²) in [4.78, 5) is 27.3. The number of carbonyl (C=O) groups excluding carboxylic acids is 1. The molecule has 1 aromatic heterocycles. The predicted octanol–water partition coefficient (Wildman–Crippen LogP) is 4.38. The molecule has 6 nitrogen and oxygen atoms in total. The number of hydrogen-bond donors (Lipinski definition) is 1. The lowest BCUT2D eigenvalue weighted by Crippen LogP contribution is -2.12. The first kappa shape index (κ1) is 16.1. The Balaban J connectivity index is 1.91. The second kappa shape index (κ2) is 6.01. The van der Waals surface area contributed by atoms with Gasteiger partial charge in [-0.3, -0.25) is 20.2 Å². The molecule has 1 N–H and O–H groups in total. The molecule has 0 atom stereocenters. The summed E-state index contributed by atoms with van der Waals surface area (Å²) in [5, 5.41) is 14.2. The Morgan fingerprint density at radius 2 is 1.92 bits per heavy atom. The van der Waals surface area contributed by atoms with Crippen LogP contribution in [-0.4, -0.2) is 15.8 Å². The fourth-order valence-electron chi connectivity index (χ4n) is 2.54. The fraction of sp³-hybridized carbons (Fsp3) is 0.176. The van der Waals surface area contributed by atoms with Crippen molar-refractivity contribution in [1.29, 1.82) is 0 Å². The van der Waals surface area contributed by atoms with Crippen molar-refractivity contribution in [3.8, 4) is 0 Å². The number of aromatic nitrogens is 1. The number of fused-ring (bicyclic) bond motifs is 1. The van der Waals surface area contributed by atoms with Gasteiger partial charge in [0.25, 0.3) is 11.6 Å². The van der Waals surface area contributed by atoms with Gasteiger partial charge in [-0.05, 0) is 44.0 Å². The largest absolute Gasteiger partial charge is 0.298 e. The maximum absolute atomic E-state index is 12.4. The highest BCUT2D eigenvalue weighted by molar-refractivity contribution is 7.22. The van der Waals surface area contributed by atoms with Gasteiger partial charge in [-0.25, -0.2) is 4.98 Å². The molecular weight excluding hydrogens is 326 g/mol. The van der Waals surface area contributed by atoms with E-state index in [1.807, 2.05) is 26.0 Å². The van der Waals surface area contributed by atoms with Gasteiger partial charge in [0.2, 0.25) is 0 Å². The molecule has 122 valence electrons. The zero-order chi connectivity index (χ0) is 17.4.